The molecule has 0 spiro atoms. The molecule has 5 rings (SSSR count). The van der Waals surface area contributed by atoms with E-state index in [0.29, 0.717) is 28.6 Å². The molecule has 1 aromatic heterocycles. The topological polar surface area (TPSA) is 57.3 Å². The number of nitrogens with zero attached hydrogens (tertiary/aromatic N) is 2. The molecule has 190 valence electrons. The second kappa shape index (κ2) is 9.99. The van der Waals surface area contributed by atoms with Gasteiger partial charge < -0.3 is 15.5 Å². The van der Waals surface area contributed by atoms with Crippen molar-refractivity contribution in [2.75, 3.05) is 23.3 Å². The van der Waals surface area contributed by atoms with Crippen LogP contribution >= 0.6 is 0 Å². The Labute approximate surface area is 209 Å². The average Bonchev–Trinajstić information content (AvgIpc) is 3.39. The van der Waals surface area contributed by atoms with Crippen LogP contribution in [0.4, 0.5) is 24.5 Å². The van der Waals surface area contributed by atoms with E-state index < -0.39 is 11.9 Å². The lowest BCUT2D eigenvalue weighted by Gasteiger charge is -2.31. The zero-order chi connectivity index (χ0) is 25.3. The Kier molecular flexibility index (Phi) is 6.77. The van der Waals surface area contributed by atoms with E-state index >= 15 is 0 Å². The molecule has 1 saturated carbocycles. The van der Waals surface area contributed by atoms with Gasteiger partial charge >= 0.3 is 6.18 Å². The zero-order valence-electron chi connectivity index (χ0n) is 20.4. The molecule has 8 heteroatoms. The van der Waals surface area contributed by atoms with Crippen LogP contribution in [0.2, 0.25) is 0 Å². The number of hydrogen-bond donors (Lipinski definition) is 2. The van der Waals surface area contributed by atoms with Gasteiger partial charge in [-0.1, -0.05) is 11.6 Å². The van der Waals surface area contributed by atoms with Gasteiger partial charge in [0.25, 0.3) is 5.91 Å². The minimum atomic E-state index is -4.52. The molecular formula is C28H31F3N4O. The normalized spacial score (nSPS) is 20.5. The Morgan fingerprint density at radius 3 is 2.42 bits per heavy atom. The van der Waals surface area contributed by atoms with E-state index in [1.54, 1.807) is 12.1 Å². The molecule has 0 unspecified atom stereocenters. The Hall–Kier alpha value is -3.29. The number of benzene rings is 2. The number of nitrogens with one attached hydrogen (secondary N) is 2. The number of amides is 1. The summed E-state index contributed by atoms with van der Waals surface area (Å²) < 4.78 is 40.5. The molecule has 36 heavy (non-hydrogen) atoms. The van der Waals surface area contributed by atoms with Crippen molar-refractivity contribution < 1.29 is 18.0 Å². The highest BCUT2D eigenvalue weighted by atomic mass is 19.4. The highest BCUT2D eigenvalue weighted by molar-refractivity contribution is 5.95. The van der Waals surface area contributed by atoms with E-state index in [-0.39, 0.29) is 18.0 Å². The van der Waals surface area contributed by atoms with Gasteiger partial charge in [-0.3, -0.25) is 4.79 Å². The number of fused-ring (bicyclic) bond motifs is 1. The predicted molar refractivity (Wildman–Crippen MR) is 137 cm³/mol. The third kappa shape index (κ3) is 5.42. The lowest BCUT2D eigenvalue weighted by molar-refractivity contribution is -0.140. The van der Waals surface area contributed by atoms with Crippen LogP contribution in [0.15, 0.2) is 48.5 Å². The second-order valence-corrected chi connectivity index (χ2v) is 9.99. The van der Waals surface area contributed by atoms with Crippen LogP contribution in [0.3, 0.4) is 0 Å². The van der Waals surface area contributed by atoms with E-state index in [2.05, 4.69) is 20.5 Å². The van der Waals surface area contributed by atoms with Crippen LogP contribution in [0.5, 0.6) is 0 Å². The van der Waals surface area contributed by atoms with Gasteiger partial charge in [-0.15, -0.1) is 0 Å². The van der Waals surface area contributed by atoms with Crippen molar-refractivity contribution in [2.45, 2.75) is 63.7 Å². The standard InChI is InChI=1S/C28H31F3N4O/c1-18-7-12-24-23(15-18)25(17-26(34-24)28(29,30)31)32-20-5-4-6-21(16-20)33-27(36)19-8-10-22(11-9-19)35-13-2-3-14-35/h7-12,15,17,20-21H,2-6,13-14,16H2,1H3,(H,32,34)(H,33,36)/t20-,21+/m0/s1. The van der Waals surface area contributed by atoms with Crippen LogP contribution in [-0.2, 0) is 6.18 Å². The van der Waals surface area contributed by atoms with Crippen molar-refractivity contribution in [3.05, 3.63) is 65.4 Å². The van der Waals surface area contributed by atoms with Crippen molar-refractivity contribution in [3.8, 4) is 0 Å². The molecule has 1 aliphatic heterocycles. The number of hydrogen-bond acceptors (Lipinski definition) is 4. The van der Waals surface area contributed by atoms with E-state index in [9.17, 15) is 18.0 Å². The van der Waals surface area contributed by atoms with Gasteiger partial charge in [0.2, 0.25) is 0 Å². The monoisotopic (exact) mass is 496 g/mol. The maximum atomic E-state index is 13.5. The molecule has 2 heterocycles. The van der Waals surface area contributed by atoms with Crippen LogP contribution in [0.1, 0.15) is 60.1 Å². The Balaban J connectivity index is 1.27. The SMILES string of the molecule is Cc1ccc2nc(C(F)(F)F)cc(N[C@H]3CCC[C@@H](NC(=O)c4ccc(N5CCCC5)cc4)C3)c2c1. The van der Waals surface area contributed by atoms with E-state index in [4.69, 9.17) is 0 Å². The number of halogens is 3. The maximum absolute atomic E-state index is 13.5. The molecule has 2 atom stereocenters. The van der Waals surface area contributed by atoms with Crippen LogP contribution in [0.25, 0.3) is 10.9 Å². The summed E-state index contributed by atoms with van der Waals surface area (Å²) in [6.07, 6.45) is 1.08. The summed E-state index contributed by atoms with van der Waals surface area (Å²) in [4.78, 5) is 19.1. The predicted octanol–water partition coefficient (Wildman–Crippen LogP) is 6.32. The van der Waals surface area contributed by atoms with E-state index in [0.717, 1.165) is 49.7 Å². The summed E-state index contributed by atoms with van der Waals surface area (Å²) >= 11 is 0. The average molecular weight is 497 g/mol. The van der Waals surface area contributed by atoms with Crippen LogP contribution in [-0.4, -0.2) is 36.1 Å². The van der Waals surface area contributed by atoms with Gasteiger partial charge in [-0.05, 0) is 87.9 Å². The fourth-order valence-electron chi connectivity index (χ4n) is 5.34. The molecule has 3 aromatic rings. The molecule has 2 aliphatic rings. The van der Waals surface area contributed by atoms with Gasteiger partial charge in [0.15, 0.2) is 0 Å². The quantitative estimate of drug-likeness (QED) is 0.434. The van der Waals surface area contributed by atoms with Crippen molar-refractivity contribution in [2.24, 2.45) is 0 Å². The fourth-order valence-corrected chi connectivity index (χ4v) is 5.34. The summed E-state index contributed by atoms with van der Waals surface area (Å²) in [7, 11) is 0. The number of aryl methyl sites for hydroxylation is 1. The summed E-state index contributed by atoms with van der Waals surface area (Å²) in [5.41, 5.74) is 2.57. The fraction of sp³-hybridized carbons (Fsp3) is 0.429. The van der Waals surface area contributed by atoms with Crippen molar-refractivity contribution >= 4 is 28.2 Å². The third-order valence-electron chi connectivity index (χ3n) is 7.22. The lowest BCUT2D eigenvalue weighted by atomic mass is 9.90. The molecule has 2 aromatic carbocycles. The van der Waals surface area contributed by atoms with E-state index in [1.165, 1.54) is 12.8 Å². The smallest absolute Gasteiger partial charge is 0.382 e. The maximum Gasteiger partial charge on any atom is 0.433 e. The van der Waals surface area contributed by atoms with Gasteiger partial charge in [-0.25, -0.2) is 4.98 Å². The number of rotatable bonds is 5. The first kappa shape index (κ1) is 24.4. The molecule has 2 fully saturated rings. The van der Waals surface area contributed by atoms with Crippen LogP contribution in [0, 0.1) is 6.92 Å². The number of aromatic nitrogens is 1. The highest BCUT2D eigenvalue weighted by Crippen LogP contribution is 2.35. The molecule has 2 N–H and O–H groups in total. The number of carbonyl (C=O) groups is 1. The summed E-state index contributed by atoms with van der Waals surface area (Å²) in [5, 5.41) is 7.16. The van der Waals surface area contributed by atoms with Crippen molar-refractivity contribution in [1.82, 2.24) is 10.3 Å². The first-order valence-corrected chi connectivity index (χ1v) is 12.7. The van der Waals surface area contributed by atoms with Crippen molar-refractivity contribution in [3.63, 3.8) is 0 Å². The first-order chi connectivity index (χ1) is 17.3. The summed E-state index contributed by atoms with van der Waals surface area (Å²) in [5.74, 6) is -0.113. The molecule has 1 aliphatic carbocycles. The highest BCUT2D eigenvalue weighted by Gasteiger charge is 2.34. The molecule has 1 amide bonds. The Morgan fingerprint density at radius 1 is 0.972 bits per heavy atom. The minimum absolute atomic E-state index is 0.0427. The van der Waals surface area contributed by atoms with Gasteiger partial charge in [0, 0.05) is 47.5 Å². The molecule has 0 bridgehead atoms. The zero-order valence-corrected chi connectivity index (χ0v) is 20.4. The van der Waals surface area contributed by atoms with Crippen LogP contribution < -0.4 is 15.5 Å². The second-order valence-electron chi connectivity index (χ2n) is 9.99. The number of alkyl halides is 3. The Bertz CT molecular complexity index is 1240. The lowest BCUT2D eigenvalue weighted by Crippen LogP contribution is -2.41. The van der Waals surface area contributed by atoms with Crippen molar-refractivity contribution in [1.29, 1.82) is 0 Å². The van der Waals surface area contributed by atoms with E-state index in [1.807, 2.05) is 37.3 Å². The minimum Gasteiger partial charge on any atom is -0.382 e. The largest absolute Gasteiger partial charge is 0.433 e. The van der Waals surface area contributed by atoms with Gasteiger partial charge in [-0.2, -0.15) is 13.2 Å². The number of pyridine rings is 1. The number of carbonyl (C=O) groups excluding carboxylic acids is 1. The Morgan fingerprint density at radius 2 is 1.69 bits per heavy atom. The summed E-state index contributed by atoms with van der Waals surface area (Å²) in [6.45, 7) is 4.02. The third-order valence-corrected chi connectivity index (χ3v) is 7.22. The molecular weight excluding hydrogens is 465 g/mol. The molecule has 0 radical (unpaired) electrons. The molecule has 5 nitrogen and oxygen atoms in total. The van der Waals surface area contributed by atoms with Gasteiger partial charge in [0.1, 0.15) is 5.69 Å². The summed E-state index contributed by atoms with van der Waals surface area (Å²) in [6, 6.07) is 14.0. The first-order valence-electron chi connectivity index (χ1n) is 12.7. The molecule has 1 saturated heterocycles. The number of anilines is 2. The van der Waals surface area contributed by atoms with Gasteiger partial charge in [0.05, 0.1) is 5.52 Å².